The summed E-state index contributed by atoms with van der Waals surface area (Å²) in [6.45, 7) is 10.6. The number of methoxy groups -OCH3 is 1. The van der Waals surface area contributed by atoms with Crippen LogP contribution >= 0.6 is 11.8 Å². The third kappa shape index (κ3) is 5.52. The highest BCUT2D eigenvalue weighted by atomic mass is 32.2. The molecule has 20 heavy (non-hydrogen) atoms. The largest absolute Gasteiger partial charge is 0.379 e. The van der Waals surface area contributed by atoms with Crippen molar-refractivity contribution in [1.29, 1.82) is 0 Å². The van der Waals surface area contributed by atoms with E-state index in [1.807, 2.05) is 7.05 Å². The Balaban J connectivity index is 2.40. The van der Waals surface area contributed by atoms with Crippen molar-refractivity contribution in [3.8, 4) is 0 Å². The predicted octanol–water partition coefficient (Wildman–Crippen LogP) is 2.50. The van der Waals surface area contributed by atoms with Gasteiger partial charge in [0.15, 0.2) is 5.96 Å². The van der Waals surface area contributed by atoms with Crippen LogP contribution in [0.15, 0.2) is 4.99 Å². The number of nitrogens with one attached hydrogen (secondary N) is 2. The number of guanidine groups is 1. The Morgan fingerprint density at radius 1 is 1.40 bits per heavy atom. The van der Waals surface area contributed by atoms with Gasteiger partial charge in [-0.25, -0.2) is 0 Å². The van der Waals surface area contributed by atoms with Crippen LogP contribution < -0.4 is 10.6 Å². The fraction of sp³-hybridized carbons (Fsp3) is 0.933. The van der Waals surface area contributed by atoms with E-state index >= 15 is 0 Å². The average molecular weight is 302 g/mol. The first-order valence-corrected chi connectivity index (χ1v) is 8.40. The highest BCUT2D eigenvalue weighted by molar-refractivity contribution is 8.00. The minimum Gasteiger partial charge on any atom is -0.379 e. The zero-order valence-electron chi connectivity index (χ0n) is 13.9. The van der Waals surface area contributed by atoms with Gasteiger partial charge < -0.3 is 15.4 Å². The lowest BCUT2D eigenvalue weighted by Gasteiger charge is -2.30. The molecule has 0 radical (unpaired) electrons. The fourth-order valence-corrected chi connectivity index (χ4v) is 3.64. The van der Waals surface area contributed by atoms with Gasteiger partial charge in [0.2, 0.25) is 0 Å². The van der Waals surface area contributed by atoms with Gasteiger partial charge in [-0.05, 0) is 30.9 Å². The molecule has 1 heterocycles. The van der Waals surface area contributed by atoms with Crippen molar-refractivity contribution < 1.29 is 4.74 Å². The quantitative estimate of drug-likeness (QED) is 0.605. The topological polar surface area (TPSA) is 45.7 Å². The first-order valence-electron chi connectivity index (χ1n) is 7.42. The molecule has 0 amide bonds. The summed E-state index contributed by atoms with van der Waals surface area (Å²) in [6.07, 6.45) is 2.77. The molecule has 1 fully saturated rings. The highest BCUT2D eigenvalue weighted by Gasteiger charge is 2.29. The number of rotatable bonds is 5. The van der Waals surface area contributed by atoms with Crippen LogP contribution in [0.1, 0.15) is 40.5 Å². The number of nitrogens with zero attached hydrogens (tertiary/aromatic N) is 1. The van der Waals surface area contributed by atoms with E-state index in [1.165, 1.54) is 18.6 Å². The minimum absolute atomic E-state index is 0.119. The van der Waals surface area contributed by atoms with Crippen molar-refractivity contribution in [3.63, 3.8) is 0 Å². The van der Waals surface area contributed by atoms with Gasteiger partial charge in [-0.3, -0.25) is 4.99 Å². The van der Waals surface area contributed by atoms with E-state index in [9.17, 15) is 0 Å². The lowest BCUT2D eigenvalue weighted by atomic mass is 9.89. The molecule has 4 nitrogen and oxygen atoms in total. The van der Waals surface area contributed by atoms with Gasteiger partial charge in [0.05, 0.1) is 6.10 Å². The van der Waals surface area contributed by atoms with Crippen LogP contribution in [0.2, 0.25) is 0 Å². The molecule has 1 saturated heterocycles. The van der Waals surface area contributed by atoms with E-state index in [4.69, 9.17) is 4.74 Å². The zero-order chi connectivity index (χ0) is 15.2. The number of hydrogen-bond donors (Lipinski definition) is 2. The van der Waals surface area contributed by atoms with Crippen molar-refractivity contribution in [2.24, 2.45) is 10.4 Å². The van der Waals surface area contributed by atoms with Gasteiger partial charge in [0.25, 0.3) is 0 Å². The van der Waals surface area contributed by atoms with Gasteiger partial charge in [-0.15, -0.1) is 0 Å². The Labute approximate surface area is 128 Å². The normalized spacial score (nSPS) is 25.6. The Kier molecular flexibility index (Phi) is 6.65. The first-order chi connectivity index (χ1) is 9.30. The predicted molar refractivity (Wildman–Crippen MR) is 89.7 cm³/mol. The second-order valence-electron chi connectivity index (χ2n) is 6.80. The van der Waals surface area contributed by atoms with Crippen LogP contribution in [0.4, 0.5) is 0 Å². The molecule has 0 aromatic carbocycles. The van der Waals surface area contributed by atoms with Gasteiger partial charge >= 0.3 is 0 Å². The van der Waals surface area contributed by atoms with Gasteiger partial charge in [0, 0.05) is 32.0 Å². The molecule has 0 bridgehead atoms. The Bertz CT molecular complexity index is 320. The smallest absolute Gasteiger partial charge is 0.191 e. The van der Waals surface area contributed by atoms with Gasteiger partial charge in [-0.2, -0.15) is 11.8 Å². The Morgan fingerprint density at radius 3 is 2.55 bits per heavy atom. The van der Waals surface area contributed by atoms with Crippen molar-refractivity contribution >= 4 is 17.7 Å². The molecule has 2 unspecified atom stereocenters. The number of aliphatic imine (C=N–C) groups is 1. The summed E-state index contributed by atoms with van der Waals surface area (Å²) in [5.41, 5.74) is 0.119. The summed E-state index contributed by atoms with van der Waals surface area (Å²) < 4.78 is 5.91. The lowest BCUT2D eigenvalue weighted by Crippen LogP contribution is -2.48. The third-order valence-electron chi connectivity index (χ3n) is 3.86. The van der Waals surface area contributed by atoms with Crippen molar-refractivity contribution in [2.75, 3.05) is 33.0 Å². The molecule has 5 heteroatoms. The standard InChI is InChI=1S/C15H31N3OS/c1-14(2,3)12(19-6)10-17-13(16-5)18-11-15(4)8-7-9-20-15/h12H,7-11H2,1-6H3,(H2,16,17,18). The summed E-state index contributed by atoms with van der Waals surface area (Å²) in [6, 6.07) is 0. The fourth-order valence-electron chi connectivity index (χ4n) is 2.40. The van der Waals surface area contributed by atoms with Crippen molar-refractivity contribution in [2.45, 2.75) is 51.4 Å². The average Bonchev–Trinajstić information content (AvgIpc) is 2.79. The molecule has 118 valence electrons. The van der Waals surface area contributed by atoms with E-state index in [1.54, 1.807) is 7.11 Å². The molecular weight excluding hydrogens is 270 g/mol. The van der Waals surface area contributed by atoms with E-state index in [0.717, 1.165) is 19.0 Å². The maximum atomic E-state index is 5.56. The van der Waals surface area contributed by atoms with Crippen LogP contribution in [0.3, 0.4) is 0 Å². The molecule has 1 aliphatic heterocycles. The summed E-state index contributed by atoms with van der Waals surface area (Å²) in [4.78, 5) is 4.30. The Morgan fingerprint density at radius 2 is 2.10 bits per heavy atom. The first kappa shape index (κ1) is 17.6. The molecule has 0 aromatic heterocycles. The molecule has 2 atom stereocenters. The molecule has 1 rings (SSSR count). The summed E-state index contributed by atoms with van der Waals surface area (Å²) in [7, 11) is 3.59. The highest BCUT2D eigenvalue weighted by Crippen LogP contribution is 2.36. The second kappa shape index (κ2) is 7.55. The summed E-state index contributed by atoms with van der Waals surface area (Å²) in [5, 5.41) is 6.82. The second-order valence-corrected chi connectivity index (χ2v) is 8.48. The van der Waals surface area contributed by atoms with Crippen LogP contribution in [0.5, 0.6) is 0 Å². The van der Waals surface area contributed by atoms with Crippen LogP contribution in [0, 0.1) is 5.41 Å². The van der Waals surface area contributed by atoms with Crippen LogP contribution in [-0.4, -0.2) is 49.8 Å². The number of thioether (sulfide) groups is 1. The molecule has 0 saturated carbocycles. The van der Waals surface area contributed by atoms with Crippen LogP contribution in [0.25, 0.3) is 0 Å². The molecular formula is C15H31N3OS. The summed E-state index contributed by atoms with van der Waals surface area (Å²) in [5.74, 6) is 2.14. The molecule has 0 spiro atoms. The monoisotopic (exact) mass is 301 g/mol. The van der Waals surface area contributed by atoms with E-state index in [2.05, 4.69) is 55.1 Å². The van der Waals surface area contributed by atoms with Crippen LogP contribution in [-0.2, 0) is 4.74 Å². The number of ether oxygens (including phenoxy) is 1. The Hall–Kier alpha value is -0.420. The number of hydrogen-bond acceptors (Lipinski definition) is 3. The SMILES string of the molecule is CN=C(NCC(OC)C(C)(C)C)NCC1(C)CCCS1. The molecule has 0 aliphatic carbocycles. The van der Waals surface area contributed by atoms with E-state index in [0.29, 0.717) is 4.75 Å². The molecule has 1 aliphatic rings. The zero-order valence-corrected chi connectivity index (χ0v) is 14.7. The van der Waals surface area contributed by atoms with Crippen molar-refractivity contribution in [3.05, 3.63) is 0 Å². The third-order valence-corrected chi connectivity index (χ3v) is 5.40. The minimum atomic E-state index is 0.119. The van der Waals surface area contributed by atoms with E-state index in [-0.39, 0.29) is 11.5 Å². The van der Waals surface area contributed by atoms with E-state index < -0.39 is 0 Å². The maximum Gasteiger partial charge on any atom is 0.191 e. The van der Waals surface area contributed by atoms with Gasteiger partial charge in [0.1, 0.15) is 0 Å². The summed E-state index contributed by atoms with van der Waals surface area (Å²) >= 11 is 2.06. The maximum absolute atomic E-state index is 5.56. The lowest BCUT2D eigenvalue weighted by molar-refractivity contribution is 0.0205. The van der Waals surface area contributed by atoms with Gasteiger partial charge in [-0.1, -0.05) is 20.8 Å². The molecule has 0 aromatic rings. The van der Waals surface area contributed by atoms with Crippen molar-refractivity contribution in [1.82, 2.24) is 10.6 Å². The molecule has 2 N–H and O–H groups in total.